The molecule has 9 nitrogen and oxygen atoms in total. The molecule has 0 saturated heterocycles. The first-order valence-electron chi connectivity index (χ1n) is 7.92. The zero-order valence-electron chi connectivity index (χ0n) is 14.8. The summed E-state index contributed by atoms with van der Waals surface area (Å²) < 4.78 is 9.81. The summed E-state index contributed by atoms with van der Waals surface area (Å²) in [5, 5.41) is 4.50. The summed E-state index contributed by atoms with van der Waals surface area (Å²) in [6, 6.07) is -0.653. The van der Waals surface area contributed by atoms with E-state index in [0.29, 0.717) is 17.8 Å². The molecule has 1 aromatic rings. The fraction of sp³-hybridized carbons (Fsp3) is 0.500. The van der Waals surface area contributed by atoms with Crippen molar-refractivity contribution in [1.29, 1.82) is 0 Å². The largest absolute Gasteiger partial charge is 0.462 e. The van der Waals surface area contributed by atoms with E-state index in [-0.39, 0.29) is 17.9 Å². The summed E-state index contributed by atoms with van der Waals surface area (Å²) in [6.07, 6.45) is 0.727. The number of aromatic nitrogens is 1. The molecule has 1 aromatic heterocycles. The van der Waals surface area contributed by atoms with Crippen LogP contribution < -0.4 is 10.6 Å². The first-order chi connectivity index (χ1) is 11.8. The van der Waals surface area contributed by atoms with Crippen LogP contribution in [-0.2, 0) is 14.3 Å². The Kier molecular flexibility index (Phi) is 7.64. The van der Waals surface area contributed by atoms with Gasteiger partial charge in [-0.2, -0.15) is 0 Å². The van der Waals surface area contributed by atoms with Crippen molar-refractivity contribution >= 4 is 23.9 Å². The second kappa shape index (κ2) is 9.45. The minimum Gasteiger partial charge on any atom is -0.462 e. The average molecular weight is 353 g/mol. The number of rotatable bonds is 7. The zero-order valence-corrected chi connectivity index (χ0v) is 14.8. The van der Waals surface area contributed by atoms with E-state index in [9.17, 15) is 19.2 Å². The van der Waals surface area contributed by atoms with E-state index >= 15 is 0 Å². The van der Waals surface area contributed by atoms with Gasteiger partial charge in [-0.15, -0.1) is 0 Å². The second-order valence-corrected chi connectivity index (χ2v) is 5.23. The number of hydrogen-bond donors (Lipinski definition) is 3. The third-order valence-corrected chi connectivity index (χ3v) is 3.24. The van der Waals surface area contributed by atoms with Crippen molar-refractivity contribution in [2.75, 3.05) is 19.8 Å². The number of aromatic amines is 1. The molecule has 0 spiro atoms. The Bertz CT molecular complexity index is 665. The molecular formula is C16H23N3O6. The van der Waals surface area contributed by atoms with Gasteiger partial charge in [-0.05, 0) is 32.8 Å². The number of esters is 2. The molecule has 0 fully saturated rings. The van der Waals surface area contributed by atoms with E-state index in [1.54, 1.807) is 20.8 Å². The van der Waals surface area contributed by atoms with Crippen molar-refractivity contribution in [2.45, 2.75) is 34.1 Å². The average Bonchev–Trinajstić information content (AvgIpc) is 2.85. The van der Waals surface area contributed by atoms with E-state index in [2.05, 4.69) is 10.3 Å². The number of nitrogens with one attached hydrogen (secondary N) is 3. The molecule has 0 aliphatic rings. The number of imide groups is 1. The fourth-order valence-corrected chi connectivity index (χ4v) is 2.11. The van der Waals surface area contributed by atoms with Gasteiger partial charge in [0, 0.05) is 12.2 Å². The molecule has 3 amide bonds. The van der Waals surface area contributed by atoms with Crippen LogP contribution in [0.4, 0.5) is 4.79 Å². The van der Waals surface area contributed by atoms with Crippen LogP contribution in [0.15, 0.2) is 0 Å². The van der Waals surface area contributed by atoms with Crippen LogP contribution in [-0.4, -0.2) is 48.6 Å². The molecule has 0 radical (unpaired) electrons. The van der Waals surface area contributed by atoms with Gasteiger partial charge in [-0.3, -0.25) is 10.1 Å². The van der Waals surface area contributed by atoms with Crippen LogP contribution in [0.2, 0.25) is 0 Å². The lowest BCUT2D eigenvalue weighted by Gasteiger charge is -2.06. The number of ether oxygens (including phenoxy) is 2. The minimum atomic E-state index is -0.805. The molecular weight excluding hydrogens is 330 g/mol. The predicted octanol–water partition coefficient (Wildman–Crippen LogP) is 1.20. The molecule has 3 N–H and O–H groups in total. The Morgan fingerprint density at radius 1 is 1.04 bits per heavy atom. The van der Waals surface area contributed by atoms with Gasteiger partial charge in [-0.1, -0.05) is 6.92 Å². The van der Waals surface area contributed by atoms with Gasteiger partial charge in [0.05, 0.1) is 12.2 Å². The van der Waals surface area contributed by atoms with Crippen molar-refractivity contribution in [3.05, 3.63) is 22.5 Å². The molecule has 9 heteroatoms. The highest BCUT2D eigenvalue weighted by Gasteiger charge is 2.24. The van der Waals surface area contributed by atoms with Gasteiger partial charge in [0.25, 0.3) is 5.91 Å². The van der Waals surface area contributed by atoms with Gasteiger partial charge in [0.15, 0.2) is 6.61 Å². The van der Waals surface area contributed by atoms with Crippen LogP contribution >= 0.6 is 0 Å². The van der Waals surface area contributed by atoms with E-state index in [1.165, 1.54) is 0 Å². The van der Waals surface area contributed by atoms with Crippen molar-refractivity contribution in [3.63, 3.8) is 0 Å². The van der Waals surface area contributed by atoms with E-state index < -0.39 is 30.5 Å². The monoisotopic (exact) mass is 353 g/mol. The van der Waals surface area contributed by atoms with Crippen molar-refractivity contribution in [3.8, 4) is 0 Å². The van der Waals surface area contributed by atoms with Crippen LogP contribution in [0.1, 0.15) is 52.4 Å². The van der Waals surface area contributed by atoms with Crippen molar-refractivity contribution in [2.24, 2.45) is 0 Å². The molecule has 0 saturated carbocycles. The Labute approximate surface area is 145 Å². The second-order valence-electron chi connectivity index (χ2n) is 5.23. The van der Waals surface area contributed by atoms with Crippen LogP contribution in [0, 0.1) is 13.8 Å². The Balaban J connectivity index is 2.66. The lowest BCUT2D eigenvalue weighted by molar-refractivity contribution is -0.123. The number of amides is 3. The molecule has 1 rings (SSSR count). The molecule has 1 heterocycles. The fourth-order valence-electron chi connectivity index (χ4n) is 2.11. The van der Waals surface area contributed by atoms with Crippen LogP contribution in [0.5, 0.6) is 0 Å². The van der Waals surface area contributed by atoms with Crippen molar-refractivity contribution in [1.82, 2.24) is 15.6 Å². The highest BCUT2D eigenvalue weighted by atomic mass is 16.5. The number of aryl methyl sites for hydroxylation is 1. The maximum atomic E-state index is 12.1. The summed E-state index contributed by atoms with van der Waals surface area (Å²) in [5.41, 5.74) is 1.16. The Morgan fingerprint density at radius 2 is 1.72 bits per heavy atom. The van der Waals surface area contributed by atoms with Gasteiger partial charge in [0.1, 0.15) is 5.69 Å². The summed E-state index contributed by atoms with van der Waals surface area (Å²) in [6.45, 7) is 6.77. The maximum Gasteiger partial charge on any atom is 0.355 e. The lowest BCUT2D eigenvalue weighted by atomic mass is 10.1. The molecule has 25 heavy (non-hydrogen) atoms. The van der Waals surface area contributed by atoms with Gasteiger partial charge < -0.3 is 19.8 Å². The molecule has 0 atom stereocenters. The third-order valence-electron chi connectivity index (χ3n) is 3.24. The first kappa shape index (κ1) is 20.2. The van der Waals surface area contributed by atoms with E-state index in [4.69, 9.17) is 9.47 Å². The molecule has 0 aliphatic heterocycles. The molecule has 0 aliphatic carbocycles. The van der Waals surface area contributed by atoms with E-state index in [1.807, 2.05) is 12.2 Å². The minimum absolute atomic E-state index is 0.0591. The number of urea groups is 1. The SMILES string of the molecule is CCCNC(=O)NC(=O)COC(=O)c1[nH]c(C)c(C(=O)OCC)c1C. The predicted molar refractivity (Wildman–Crippen MR) is 88.3 cm³/mol. The van der Waals surface area contributed by atoms with Crippen molar-refractivity contribution < 1.29 is 28.7 Å². The highest BCUT2D eigenvalue weighted by molar-refractivity contribution is 6.00. The van der Waals surface area contributed by atoms with Crippen LogP contribution in [0.3, 0.4) is 0 Å². The third kappa shape index (κ3) is 5.63. The highest BCUT2D eigenvalue weighted by Crippen LogP contribution is 2.19. The number of H-pyrrole nitrogens is 1. The number of hydrogen-bond acceptors (Lipinski definition) is 6. The molecule has 0 bridgehead atoms. The molecule has 0 unspecified atom stereocenters. The maximum absolute atomic E-state index is 12.1. The Morgan fingerprint density at radius 3 is 2.32 bits per heavy atom. The number of carbonyl (C=O) groups is 4. The summed E-state index contributed by atoms with van der Waals surface area (Å²) in [4.78, 5) is 49.6. The lowest BCUT2D eigenvalue weighted by Crippen LogP contribution is -2.41. The normalized spacial score (nSPS) is 10.1. The summed E-state index contributed by atoms with van der Waals surface area (Å²) in [7, 11) is 0. The van der Waals surface area contributed by atoms with Crippen LogP contribution in [0.25, 0.3) is 0 Å². The topological polar surface area (TPSA) is 127 Å². The first-order valence-corrected chi connectivity index (χ1v) is 7.92. The smallest absolute Gasteiger partial charge is 0.355 e. The van der Waals surface area contributed by atoms with E-state index in [0.717, 1.165) is 6.42 Å². The summed E-state index contributed by atoms with van der Waals surface area (Å²) in [5.74, 6) is -2.10. The molecule has 138 valence electrons. The quantitative estimate of drug-likeness (QED) is 0.632. The zero-order chi connectivity index (χ0) is 19.0. The summed E-state index contributed by atoms with van der Waals surface area (Å²) >= 11 is 0. The number of carbonyl (C=O) groups excluding carboxylic acids is 4. The van der Waals surface area contributed by atoms with Gasteiger partial charge in [0.2, 0.25) is 0 Å². The van der Waals surface area contributed by atoms with Gasteiger partial charge >= 0.3 is 18.0 Å². The molecule has 0 aromatic carbocycles. The standard InChI is InChI=1S/C16H23N3O6/c1-5-7-17-16(23)19-11(20)8-25-15(22)13-9(3)12(10(4)18-13)14(21)24-6-2/h18H,5-8H2,1-4H3,(H2,17,19,20,23). The van der Waals surface area contributed by atoms with Gasteiger partial charge in [-0.25, -0.2) is 14.4 Å². The Hall–Kier alpha value is -2.84.